The van der Waals surface area contributed by atoms with Gasteiger partial charge in [-0.2, -0.15) is 13.9 Å². The first-order valence-corrected chi connectivity index (χ1v) is 3.10. The van der Waals surface area contributed by atoms with Crippen molar-refractivity contribution in [2.24, 2.45) is 11.8 Å². The molecule has 0 aromatic rings. The lowest BCUT2D eigenvalue weighted by Crippen LogP contribution is -2.24. The van der Waals surface area contributed by atoms with Gasteiger partial charge >= 0.3 is 6.11 Å². The van der Waals surface area contributed by atoms with Crippen LogP contribution in [0.2, 0.25) is 0 Å². The zero-order chi connectivity index (χ0) is 7.07. The molecule has 0 spiro atoms. The van der Waals surface area contributed by atoms with Crippen molar-refractivity contribution in [3.8, 4) is 0 Å². The van der Waals surface area contributed by atoms with Gasteiger partial charge in [-0.15, -0.1) is 0 Å². The summed E-state index contributed by atoms with van der Waals surface area (Å²) in [6.07, 6.45) is -2.10. The first-order valence-electron chi connectivity index (χ1n) is 3.10. The van der Waals surface area contributed by atoms with Crippen molar-refractivity contribution in [2.75, 3.05) is 0 Å². The Labute approximate surface area is 52.7 Å². The van der Waals surface area contributed by atoms with Gasteiger partial charge in [0.25, 0.3) is 0 Å². The Hall–Kier alpha value is -0.180. The van der Waals surface area contributed by atoms with E-state index in [1.807, 2.05) is 0 Å². The highest BCUT2D eigenvalue weighted by atomic mass is 19.3. The van der Waals surface area contributed by atoms with E-state index in [9.17, 15) is 13.9 Å². The van der Waals surface area contributed by atoms with E-state index in [0.717, 1.165) is 12.8 Å². The molecule has 0 heterocycles. The summed E-state index contributed by atoms with van der Waals surface area (Å²) in [6.45, 7) is 1.32. The maximum Gasteiger partial charge on any atom is 0.384 e. The number of hydrogen-bond donors (Lipinski definition) is 0. The van der Waals surface area contributed by atoms with Crippen molar-refractivity contribution in [1.29, 1.82) is 0 Å². The van der Waals surface area contributed by atoms with Crippen LogP contribution in [-0.2, 0) is 5.11 Å². The van der Waals surface area contributed by atoms with E-state index < -0.39 is 12.0 Å². The lowest BCUT2D eigenvalue weighted by atomic mass is 10.1. The summed E-state index contributed by atoms with van der Waals surface area (Å²) in [5, 5.41) is 9.95. The molecule has 1 rings (SSSR count). The zero-order valence-corrected chi connectivity index (χ0v) is 5.23. The van der Waals surface area contributed by atoms with Crippen LogP contribution in [0.15, 0.2) is 0 Å². The Bertz CT molecular complexity index is 104. The van der Waals surface area contributed by atoms with Gasteiger partial charge in [-0.05, 0) is 18.8 Å². The first-order chi connectivity index (χ1) is 4.02. The van der Waals surface area contributed by atoms with Crippen LogP contribution in [0.1, 0.15) is 19.8 Å². The minimum Gasteiger partial charge on any atom is -0.173 e. The fourth-order valence-corrected chi connectivity index (χ4v) is 0.871. The van der Waals surface area contributed by atoms with E-state index in [0.29, 0.717) is 0 Å². The van der Waals surface area contributed by atoms with Crippen molar-refractivity contribution in [1.82, 2.24) is 0 Å². The largest absolute Gasteiger partial charge is 0.384 e. The van der Waals surface area contributed by atoms with Crippen LogP contribution in [0.5, 0.6) is 0 Å². The summed E-state index contributed by atoms with van der Waals surface area (Å²) in [7, 11) is 0. The molecule has 0 bridgehead atoms. The Kier molecular flexibility index (Phi) is 1.47. The molecule has 0 aromatic carbocycles. The summed E-state index contributed by atoms with van der Waals surface area (Å²) in [6, 6.07) is 0. The molecule has 9 heavy (non-hydrogen) atoms. The predicted molar refractivity (Wildman–Crippen MR) is 27.5 cm³/mol. The molecular formula is C6H9F2O. The van der Waals surface area contributed by atoms with Gasteiger partial charge in [0, 0.05) is 0 Å². The third-order valence-electron chi connectivity index (χ3n) is 1.86. The molecule has 0 aromatic heterocycles. The van der Waals surface area contributed by atoms with E-state index in [-0.39, 0.29) is 5.92 Å². The van der Waals surface area contributed by atoms with Crippen LogP contribution in [0, 0.1) is 11.8 Å². The van der Waals surface area contributed by atoms with Crippen LogP contribution in [0.25, 0.3) is 0 Å². The number of hydrogen-bond acceptors (Lipinski definition) is 0. The van der Waals surface area contributed by atoms with Gasteiger partial charge in [0.1, 0.15) is 0 Å². The Morgan fingerprint density at radius 2 is 2.00 bits per heavy atom. The molecule has 1 aliphatic rings. The molecule has 53 valence electrons. The molecule has 1 fully saturated rings. The molecule has 1 unspecified atom stereocenters. The standard InChI is InChI=1S/C6H9F2O/c1-4(5-2-3-5)6(7,8)9/h4-5H,2-3H2,1H3. The fraction of sp³-hybridized carbons (Fsp3) is 1.00. The van der Waals surface area contributed by atoms with Crippen LogP contribution in [-0.4, -0.2) is 6.11 Å². The molecule has 1 aliphatic carbocycles. The Morgan fingerprint density at radius 3 is 2.11 bits per heavy atom. The van der Waals surface area contributed by atoms with Crippen LogP contribution in [0.3, 0.4) is 0 Å². The minimum absolute atomic E-state index is 0.00231. The summed E-state index contributed by atoms with van der Waals surface area (Å²) < 4.78 is 23.7. The second-order valence-corrected chi connectivity index (χ2v) is 2.69. The molecule has 0 saturated heterocycles. The quantitative estimate of drug-likeness (QED) is 0.552. The van der Waals surface area contributed by atoms with Crippen LogP contribution < -0.4 is 0 Å². The SMILES string of the molecule is CC(C1CC1)C([O])(F)F. The van der Waals surface area contributed by atoms with Gasteiger partial charge in [-0.3, -0.25) is 0 Å². The molecule has 3 heteroatoms. The summed E-state index contributed by atoms with van der Waals surface area (Å²) in [5.74, 6) is -0.963. The minimum atomic E-state index is -3.71. The monoisotopic (exact) mass is 135 g/mol. The topological polar surface area (TPSA) is 19.9 Å². The summed E-state index contributed by atoms with van der Waals surface area (Å²) in [4.78, 5) is 0. The van der Waals surface area contributed by atoms with Gasteiger partial charge in [-0.1, -0.05) is 6.92 Å². The highest BCUT2D eigenvalue weighted by Crippen LogP contribution is 2.43. The zero-order valence-electron chi connectivity index (χ0n) is 5.23. The molecule has 0 N–H and O–H groups in total. The van der Waals surface area contributed by atoms with E-state index in [2.05, 4.69) is 0 Å². The lowest BCUT2D eigenvalue weighted by molar-refractivity contribution is -0.276. The summed E-state index contributed by atoms with van der Waals surface area (Å²) in [5.41, 5.74) is 0. The Balaban J connectivity index is 2.40. The number of halogens is 2. The molecule has 1 saturated carbocycles. The van der Waals surface area contributed by atoms with Gasteiger partial charge in [0.2, 0.25) is 0 Å². The third kappa shape index (κ3) is 1.61. The van der Waals surface area contributed by atoms with Crippen molar-refractivity contribution in [2.45, 2.75) is 25.9 Å². The van der Waals surface area contributed by atoms with Crippen LogP contribution in [0.4, 0.5) is 8.78 Å². The predicted octanol–water partition coefficient (Wildman–Crippen LogP) is 2.06. The smallest absolute Gasteiger partial charge is 0.173 e. The molecule has 1 radical (unpaired) electrons. The molecule has 1 nitrogen and oxygen atoms in total. The van der Waals surface area contributed by atoms with Crippen molar-refractivity contribution < 1.29 is 13.9 Å². The average Bonchev–Trinajstić information content (AvgIpc) is 2.40. The fourth-order valence-electron chi connectivity index (χ4n) is 0.871. The first kappa shape index (κ1) is 6.93. The lowest BCUT2D eigenvalue weighted by Gasteiger charge is -2.13. The van der Waals surface area contributed by atoms with Crippen molar-refractivity contribution >= 4 is 0 Å². The molecule has 0 aliphatic heterocycles. The summed E-state index contributed by atoms with van der Waals surface area (Å²) >= 11 is 0. The van der Waals surface area contributed by atoms with Crippen molar-refractivity contribution in [3.63, 3.8) is 0 Å². The molecule has 0 amide bonds. The van der Waals surface area contributed by atoms with Gasteiger partial charge in [0.05, 0.1) is 5.92 Å². The van der Waals surface area contributed by atoms with Crippen LogP contribution >= 0.6 is 0 Å². The van der Waals surface area contributed by atoms with E-state index >= 15 is 0 Å². The third-order valence-corrected chi connectivity index (χ3v) is 1.86. The van der Waals surface area contributed by atoms with Gasteiger partial charge in [-0.25, -0.2) is 0 Å². The normalized spacial score (nSPS) is 24.0. The molecular weight excluding hydrogens is 126 g/mol. The number of rotatable bonds is 2. The highest BCUT2D eigenvalue weighted by molar-refractivity contribution is 4.82. The maximum atomic E-state index is 11.9. The number of alkyl halides is 2. The highest BCUT2D eigenvalue weighted by Gasteiger charge is 2.45. The molecule has 1 atom stereocenters. The van der Waals surface area contributed by atoms with E-state index in [1.54, 1.807) is 0 Å². The van der Waals surface area contributed by atoms with Crippen molar-refractivity contribution in [3.05, 3.63) is 0 Å². The van der Waals surface area contributed by atoms with E-state index in [1.165, 1.54) is 6.92 Å². The average molecular weight is 135 g/mol. The Morgan fingerprint density at radius 1 is 1.56 bits per heavy atom. The van der Waals surface area contributed by atoms with Gasteiger partial charge in [0.15, 0.2) is 0 Å². The maximum absolute atomic E-state index is 11.9. The second-order valence-electron chi connectivity index (χ2n) is 2.69. The van der Waals surface area contributed by atoms with E-state index in [4.69, 9.17) is 0 Å². The van der Waals surface area contributed by atoms with Gasteiger partial charge < -0.3 is 0 Å². The second kappa shape index (κ2) is 1.90.